The van der Waals surface area contributed by atoms with E-state index in [0.717, 1.165) is 0 Å². The summed E-state index contributed by atoms with van der Waals surface area (Å²) in [5, 5.41) is 25.5. The Kier molecular flexibility index (Phi) is 13.3. The number of pyridine rings is 4. The molecule has 0 saturated heterocycles. The van der Waals surface area contributed by atoms with E-state index in [0.29, 0.717) is 35.8 Å². The van der Waals surface area contributed by atoms with Gasteiger partial charge in [-0.2, -0.15) is 0 Å². The molecular formula is C36H44N8O8. The summed E-state index contributed by atoms with van der Waals surface area (Å²) in [6, 6.07) is 6.22. The van der Waals surface area contributed by atoms with Crippen molar-refractivity contribution in [2.45, 2.75) is 52.0 Å². The van der Waals surface area contributed by atoms with Crippen LogP contribution in [0.1, 0.15) is 59.8 Å². The molecule has 0 fully saturated rings. The normalized spacial score (nSPS) is 13.0. The average Bonchev–Trinajstić information content (AvgIpc) is 3.10. The molecule has 0 aromatic carbocycles. The Hall–Kier alpha value is -5.78. The summed E-state index contributed by atoms with van der Waals surface area (Å²) in [7, 11) is 5.81. The Balaban J connectivity index is 0.000000280. The minimum atomic E-state index is -1.32. The first kappa shape index (κ1) is 40.6. The van der Waals surface area contributed by atoms with Crippen LogP contribution in [-0.2, 0) is 22.6 Å². The molecule has 0 spiro atoms. The quantitative estimate of drug-likeness (QED) is 0.134. The van der Waals surface area contributed by atoms with Gasteiger partial charge in [-0.25, -0.2) is 9.97 Å². The van der Waals surface area contributed by atoms with Crippen LogP contribution in [0.3, 0.4) is 0 Å². The number of carbonyl (C=O) groups excluding carboxylic acids is 2. The predicted molar refractivity (Wildman–Crippen MR) is 198 cm³/mol. The minimum absolute atomic E-state index is 0.0494. The number of methoxy groups -OCH3 is 2. The van der Waals surface area contributed by atoms with Crippen LogP contribution in [-0.4, -0.2) is 93.9 Å². The van der Waals surface area contributed by atoms with Crippen molar-refractivity contribution in [2.75, 3.05) is 53.0 Å². The number of rotatable bonds is 8. The molecule has 16 heteroatoms. The summed E-state index contributed by atoms with van der Waals surface area (Å²) in [6.07, 6.45) is 0. The largest absolute Gasteiger partial charge is 0.384 e. The van der Waals surface area contributed by atoms with Crippen LogP contribution in [0.5, 0.6) is 0 Å². The van der Waals surface area contributed by atoms with Crippen molar-refractivity contribution < 1.29 is 29.3 Å². The lowest BCUT2D eigenvalue weighted by Gasteiger charge is -2.15. The molecular weight excluding hydrogens is 672 g/mol. The van der Waals surface area contributed by atoms with E-state index in [1.54, 1.807) is 33.4 Å². The Morgan fingerprint density at radius 1 is 0.750 bits per heavy atom. The second-order valence-corrected chi connectivity index (χ2v) is 11.9. The molecule has 2 atom stereocenters. The van der Waals surface area contributed by atoms with E-state index in [1.165, 1.54) is 42.2 Å². The van der Waals surface area contributed by atoms with Crippen LogP contribution < -0.4 is 33.0 Å². The molecule has 4 aromatic heterocycles. The highest BCUT2D eigenvalue weighted by Gasteiger charge is 2.22. The monoisotopic (exact) mass is 716 g/mol. The minimum Gasteiger partial charge on any atom is -0.384 e. The number of nitrogens with two attached hydrogens (primary N) is 2. The Bertz CT molecular complexity index is 2090. The summed E-state index contributed by atoms with van der Waals surface area (Å²) in [4.78, 5) is 58.1. The number of ether oxygens (including phenoxy) is 2. The number of nitrogens with zero attached hydrogens (tertiary/aromatic N) is 4. The second-order valence-electron chi connectivity index (χ2n) is 11.9. The summed E-state index contributed by atoms with van der Waals surface area (Å²) in [5.74, 6) is 9.92. The van der Waals surface area contributed by atoms with Crippen LogP contribution in [0.25, 0.3) is 22.1 Å². The third-order valence-electron chi connectivity index (χ3n) is 7.61. The third-order valence-corrected chi connectivity index (χ3v) is 7.61. The Morgan fingerprint density at radius 2 is 1.10 bits per heavy atom. The lowest BCUT2D eigenvalue weighted by atomic mass is 10.1. The molecule has 0 radical (unpaired) electrons. The first-order chi connectivity index (χ1) is 24.5. The number of hydrogen-bond acceptors (Lipinski definition) is 12. The Labute approximate surface area is 300 Å². The number of fused-ring (bicyclic) bond motifs is 2. The molecule has 52 heavy (non-hydrogen) atoms. The second kappa shape index (κ2) is 17.0. The van der Waals surface area contributed by atoms with Crippen molar-refractivity contribution in [2.24, 2.45) is 0 Å². The van der Waals surface area contributed by atoms with Gasteiger partial charge in [-0.05, 0) is 63.8 Å². The number of anilines is 2. The molecule has 16 nitrogen and oxygen atoms in total. The number of nitrogen functional groups attached to an aromatic ring is 2. The van der Waals surface area contributed by atoms with Gasteiger partial charge in [0.2, 0.25) is 10.9 Å². The highest BCUT2D eigenvalue weighted by Crippen LogP contribution is 2.19. The maximum absolute atomic E-state index is 12.6. The summed E-state index contributed by atoms with van der Waals surface area (Å²) < 4.78 is 13.0. The molecule has 2 amide bonds. The number of aliphatic hydroxyl groups is 2. The summed E-state index contributed by atoms with van der Waals surface area (Å²) >= 11 is 0. The predicted octanol–water partition coefficient (Wildman–Crippen LogP) is 0.214. The van der Waals surface area contributed by atoms with Crippen molar-refractivity contribution in [1.82, 2.24) is 29.7 Å². The van der Waals surface area contributed by atoms with Crippen LogP contribution in [0.2, 0.25) is 0 Å². The molecule has 0 aliphatic heterocycles. The lowest BCUT2D eigenvalue weighted by Crippen LogP contribution is -2.30. The van der Waals surface area contributed by atoms with Crippen molar-refractivity contribution in [3.63, 3.8) is 0 Å². The smallest absolute Gasteiger partial charge is 0.258 e. The highest BCUT2D eigenvalue weighted by molar-refractivity contribution is 6.02. The van der Waals surface area contributed by atoms with Crippen LogP contribution in [0.4, 0.5) is 11.6 Å². The van der Waals surface area contributed by atoms with Crippen molar-refractivity contribution in [1.29, 1.82) is 0 Å². The molecule has 0 aliphatic carbocycles. The van der Waals surface area contributed by atoms with E-state index < -0.39 is 33.9 Å². The van der Waals surface area contributed by atoms with Gasteiger partial charge in [0.1, 0.15) is 56.6 Å². The van der Waals surface area contributed by atoms with Gasteiger partial charge in [-0.15, -0.1) is 0 Å². The van der Waals surface area contributed by atoms with E-state index in [9.17, 15) is 29.4 Å². The van der Waals surface area contributed by atoms with Gasteiger partial charge in [0.15, 0.2) is 0 Å². The Morgan fingerprint density at radius 3 is 1.38 bits per heavy atom. The number of amides is 2. The third kappa shape index (κ3) is 8.92. The summed E-state index contributed by atoms with van der Waals surface area (Å²) in [5.41, 5.74) is 9.65. The molecule has 4 heterocycles. The van der Waals surface area contributed by atoms with Gasteiger partial charge in [0.05, 0.1) is 24.0 Å². The summed E-state index contributed by atoms with van der Waals surface area (Å²) in [6.45, 7) is 7.65. The molecule has 0 unspecified atom stereocenters. The zero-order valence-electron chi connectivity index (χ0n) is 30.4. The van der Waals surface area contributed by atoms with Crippen molar-refractivity contribution in [3.05, 3.63) is 67.2 Å². The molecule has 0 bridgehead atoms. The van der Waals surface area contributed by atoms with Gasteiger partial charge in [-0.1, -0.05) is 11.8 Å². The SMILES string of the molecule is CCn1c(N)c(C(=O)NC)c(=O)c2ccc(C#C[C@@](C)(O)COC)nc21.CCn1c(N)c(C(=O)NC)c(=O)c2ccc(C#C[C@@](C)(O)COC)nc21. The standard InChI is InChI=1S/2C18H22N4O4/c2*1-5-22-15(19)13(17(24)20-3)14(23)12-7-6-11(21-16(12)22)8-9-18(2,25)10-26-4/h2*6-7,25H,5,10,19H2,1-4H3,(H,20,24)/t2*18-/m11/s1. The van der Waals surface area contributed by atoms with Crippen molar-refractivity contribution in [3.8, 4) is 23.7 Å². The van der Waals surface area contributed by atoms with Crippen molar-refractivity contribution >= 4 is 45.5 Å². The maximum atomic E-state index is 12.6. The van der Waals surface area contributed by atoms with Crippen LogP contribution >= 0.6 is 0 Å². The van der Waals surface area contributed by atoms with E-state index in [-0.39, 0.29) is 46.7 Å². The lowest BCUT2D eigenvalue weighted by molar-refractivity contribution is 0.0272. The zero-order valence-corrected chi connectivity index (χ0v) is 30.4. The fraction of sp³-hybridized carbons (Fsp3) is 0.389. The number of nitrogens with one attached hydrogen (secondary N) is 2. The molecule has 276 valence electrons. The molecule has 0 saturated carbocycles. The fourth-order valence-electron chi connectivity index (χ4n) is 5.16. The topological polar surface area (TPSA) is 239 Å². The van der Waals surface area contributed by atoms with Crippen LogP contribution in [0, 0.1) is 23.7 Å². The zero-order chi connectivity index (χ0) is 39.0. The van der Waals surface area contributed by atoms with E-state index in [1.807, 2.05) is 13.8 Å². The van der Waals surface area contributed by atoms with Gasteiger partial charge in [0, 0.05) is 41.4 Å². The van der Waals surface area contributed by atoms with Gasteiger partial charge < -0.3 is 50.9 Å². The molecule has 4 rings (SSSR count). The van der Waals surface area contributed by atoms with E-state index in [4.69, 9.17) is 20.9 Å². The number of aryl methyl sites for hydroxylation is 2. The van der Waals surface area contributed by atoms with E-state index in [2.05, 4.69) is 44.3 Å². The van der Waals surface area contributed by atoms with Gasteiger partial charge >= 0.3 is 0 Å². The first-order valence-corrected chi connectivity index (χ1v) is 16.1. The maximum Gasteiger partial charge on any atom is 0.258 e. The molecule has 8 N–H and O–H groups in total. The number of aromatic nitrogens is 4. The van der Waals surface area contributed by atoms with Gasteiger partial charge in [-0.3, -0.25) is 19.2 Å². The fourth-order valence-corrected chi connectivity index (χ4v) is 5.16. The molecule has 4 aromatic rings. The molecule has 0 aliphatic rings. The van der Waals surface area contributed by atoms with Gasteiger partial charge in [0.25, 0.3) is 11.8 Å². The highest BCUT2D eigenvalue weighted by atomic mass is 16.5. The van der Waals surface area contributed by atoms with E-state index >= 15 is 0 Å². The average molecular weight is 717 g/mol. The van der Waals surface area contributed by atoms with Crippen LogP contribution in [0.15, 0.2) is 33.9 Å². The first-order valence-electron chi connectivity index (χ1n) is 16.1. The number of carbonyl (C=O) groups is 2. The number of hydrogen-bond donors (Lipinski definition) is 6.